The first-order valence-electron chi connectivity index (χ1n) is 5.48. The van der Waals surface area contributed by atoms with Gasteiger partial charge in [0.05, 0.1) is 16.4 Å². The van der Waals surface area contributed by atoms with Gasteiger partial charge in [0.1, 0.15) is 0 Å². The molecule has 16 heavy (non-hydrogen) atoms. The smallest absolute Gasteiger partial charge is 0.226 e. The molecule has 1 aliphatic heterocycles. The molecule has 0 spiro atoms. The Morgan fingerprint density at radius 1 is 1.56 bits per heavy atom. The lowest BCUT2D eigenvalue weighted by Crippen LogP contribution is -2.33. The number of rotatable bonds is 1. The molecule has 86 valence electrons. The number of carbonyl (C=O) groups is 1. The Morgan fingerprint density at radius 3 is 3.00 bits per heavy atom. The SMILES string of the molecule is CCN1c2c(Cl)cccc2NC(=O)CC1C. The number of benzene rings is 1. The molecule has 0 saturated heterocycles. The van der Waals surface area contributed by atoms with Gasteiger partial charge in [-0.3, -0.25) is 4.79 Å². The van der Waals surface area contributed by atoms with Crippen LogP contribution in [0.25, 0.3) is 0 Å². The molecule has 1 heterocycles. The highest BCUT2D eigenvalue weighted by Crippen LogP contribution is 2.37. The third kappa shape index (κ3) is 1.87. The predicted octanol–water partition coefficient (Wildman–Crippen LogP) is 2.90. The van der Waals surface area contributed by atoms with E-state index in [0.29, 0.717) is 11.4 Å². The fourth-order valence-electron chi connectivity index (χ4n) is 2.18. The lowest BCUT2D eigenvalue weighted by molar-refractivity contribution is -0.116. The van der Waals surface area contributed by atoms with Crippen molar-refractivity contribution in [2.45, 2.75) is 26.3 Å². The Balaban J connectivity index is 2.55. The van der Waals surface area contributed by atoms with Crippen LogP contribution in [0.2, 0.25) is 5.02 Å². The van der Waals surface area contributed by atoms with Crippen LogP contribution in [-0.2, 0) is 4.79 Å². The van der Waals surface area contributed by atoms with Gasteiger partial charge in [-0.2, -0.15) is 0 Å². The zero-order valence-corrected chi connectivity index (χ0v) is 10.2. The molecule has 0 radical (unpaired) electrons. The lowest BCUT2D eigenvalue weighted by Gasteiger charge is -2.29. The van der Waals surface area contributed by atoms with E-state index in [1.165, 1.54) is 0 Å². The number of anilines is 2. The topological polar surface area (TPSA) is 32.3 Å². The summed E-state index contributed by atoms with van der Waals surface area (Å²) >= 11 is 6.21. The monoisotopic (exact) mass is 238 g/mol. The number of carbonyl (C=O) groups excluding carboxylic acids is 1. The van der Waals surface area contributed by atoms with Crippen LogP contribution in [0.4, 0.5) is 11.4 Å². The van der Waals surface area contributed by atoms with Gasteiger partial charge in [-0.1, -0.05) is 17.7 Å². The molecular weight excluding hydrogens is 224 g/mol. The number of nitrogens with one attached hydrogen (secondary N) is 1. The summed E-state index contributed by atoms with van der Waals surface area (Å²) in [4.78, 5) is 13.8. The van der Waals surface area contributed by atoms with Crippen LogP contribution in [0.3, 0.4) is 0 Å². The zero-order valence-electron chi connectivity index (χ0n) is 9.46. The molecule has 1 unspecified atom stereocenters. The average Bonchev–Trinajstić information content (AvgIpc) is 2.34. The minimum Gasteiger partial charge on any atom is -0.366 e. The van der Waals surface area contributed by atoms with Gasteiger partial charge in [0, 0.05) is 19.0 Å². The second kappa shape index (κ2) is 4.34. The summed E-state index contributed by atoms with van der Waals surface area (Å²) in [6, 6.07) is 5.77. The number of amides is 1. The number of hydrogen-bond acceptors (Lipinski definition) is 2. The predicted molar refractivity (Wildman–Crippen MR) is 67.2 cm³/mol. The van der Waals surface area contributed by atoms with Crippen molar-refractivity contribution in [1.29, 1.82) is 0 Å². The van der Waals surface area contributed by atoms with E-state index >= 15 is 0 Å². The molecule has 1 aromatic rings. The van der Waals surface area contributed by atoms with E-state index in [4.69, 9.17) is 11.6 Å². The first-order valence-corrected chi connectivity index (χ1v) is 5.86. The van der Waals surface area contributed by atoms with Crippen molar-refractivity contribution in [1.82, 2.24) is 0 Å². The van der Waals surface area contributed by atoms with Gasteiger partial charge in [-0.15, -0.1) is 0 Å². The Morgan fingerprint density at radius 2 is 2.31 bits per heavy atom. The lowest BCUT2D eigenvalue weighted by atomic mass is 10.2. The normalized spacial score (nSPS) is 20.1. The van der Waals surface area contributed by atoms with Crippen LogP contribution in [0.15, 0.2) is 18.2 Å². The molecule has 0 aromatic heterocycles. The minimum atomic E-state index is 0.0481. The third-order valence-electron chi connectivity index (χ3n) is 2.90. The Bertz CT molecular complexity index is 419. The average molecular weight is 239 g/mol. The Hall–Kier alpha value is -1.22. The van der Waals surface area contributed by atoms with Crippen molar-refractivity contribution in [2.24, 2.45) is 0 Å². The van der Waals surface area contributed by atoms with Gasteiger partial charge in [0.25, 0.3) is 0 Å². The van der Waals surface area contributed by atoms with Crippen LogP contribution < -0.4 is 10.2 Å². The minimum absolute atomic E-state index is 0.0481. The molecule has 1 amide bonds. The third-order valence-corrected chi connectivity index (χ3v) is 3.21. The van der Waals surface area contributed by atoms with Crippen molar-refractivity contribution in [3.8, 4) is 0 Å². The van der Waals surface area contributed by atoms with Crippen LogP contribution in [-0.4, -0.2) is 18.5 Å². The molecule has 0 aliphatic carbocycles. The number of hydrogen-bond donors (Lipinski definition) is 1. The highest BCUT2D eigenvalue weighted by Gasteiger charge is 2.25. The van der Waals surface area contributed by atoms with Crippen molar-refractivity contribution in [3.63, 3.8) is 0 Å². The highest BCUT2D eigenvalue weighted by atomic mass is 35.5. The first-order chi connectivity index (χ1) is 7.63. The molecule has 1 N–H and O–H groups in total. The number of halogens is 1. The van der Waals surface area contributed by atoms with Crippen molar-refractivity contribution < 1.29 is 4.79 Å². The summed E-state index contributed by atoms with van der Waals surface area (Å²) in [5.41, 5.74) is 1.74. The fourth-order valence-corrected chi connectivity index (χ4v) is 2.46. The molecule has 0 fully saturated rings. The Kier molecular flexibility index (Phi) is 3.06. The molecular formula is C12H15ClN2O. The molecule has 3 nitrogen and oxygen atoms in total. The highest BCUT2D eigenvalue weighted by molar-refractivity contribution is 6.34. The van der Waals surface area contributed by atoms with Gasteiger partial charge in [0.15, 0.2) is 0 Å². The van der Waals surface area contributed by atoms with Gasteiger partial charge >= 0.3 is 0 Å². The zero-order chi connectivity index (χ0) is 11.7. The number of fused-ring (bicyclic) bond motifs is 1. The fraction of sp³-hybridized carbons (Fsp3) is 0.417. The van der Waals surface area contributed by atoms with Gasteiger partial charge < -0.3 is 10.2 Å². The van der Waals surface area contributed by atoms with Crippen molar-refractivity contribution in [3.05, 3.63) is 23.2 Å². The molecule has 1 atom stereocenters. The summed E-state index contributed by atoms with van der Waals surface area (Å²) in [5, 5.41) is 3.58. The summed E-state index contributed by atoms with van der Waals surface area (Å²) in [6.07, 6.45) is 0.499. The standard InChI is InChI=1S/C12H15ClN2O/c1-3-15-8(2)7-11(16)14-10-6-4-5-9(13)12(10)15/h4-6,8H,3,7H2,1-2H3,(H,14,16). The summed E-state index contributed by atoms with van der Waals surface area (Å²) in [7, 11) is 0. The van der Waals surface area contributed by atoms with E-state index in [1.807, 2.05) is 25.1 Å². The molecule has 0 saturated carbocycles. The van der Waals surface area contributed by atoms with Crippen LogP contribution in [0.1, 0.15) is 20.3 Å². The van der Waals surface area contributed by atoms with E-state index in [-0.39, 0.29) is 11.9 Å². The van der Waals surface area contributed by atoms with Crippen LogP contribution in [0, 0.1) is 0 Å². The van der Waals surface area contributed by atoms with Crippen LogP contribution >= 0.6 is 11.6 Å². The van der Waals surface area contributed by atoms with Crippen molar-refractivity contribution >= 4 is 28.9 Å². The van der Waals surface area contributed by atoms with Gasteiger partial charge in [-0.05, 0) is 26.0 Å². The van der Waals surface area contributed by atoms with Crippen molar-refractivity contribution in [2.75, 3.05) is 16.8 Å². The maximum Gasteiger partial charge on any atom is 0.226 e. The van der Waals surface area contributed by atoms with E-state index < -0.39 is 0 Å². The summed E-state index contributed by atoms with van der Waals surface area (Å²) in [6.45, 7) is 4.95. The maximum absolute atomic E-state index is 11.6. The number of nitrogens with zero attached hydrogens (tertiary/aromatic N) is 1. The largest absolute Gasteiger partial charge is 0.366 e. The second-order valence-electron chi connectivity index (χ2n) is 4.02. The molecule has 2 rings (SSSR count). The Labute approximate surface area is 100 Å². The summed E-state index contributed by atoms with van der Waals surface area (Å²) in [5.74, 6) is 0.0481. The molecule has 1 aromatic carbocycles. The first kappa shape index (κ1) is 11.3. The van der Waals surface area contributed by atoms with E-state index in [9.17, 15) is 4.79 Å². The molecule has 0 bridgehead atoms. The van der Waals surface area contributed by atoms with E-state index in [0.717, 1.165) is 17.9 Å². The van der Waals surface area contributed by atoms with Crippen LogP contribution in [0.5, 0.6) is 0 Å². The molecule has 1 aliphatic rings. The van der Waals surface area contributed by atoms with Gasteiger partial charge in [-0.25, -0.2) is 0 Å². The van der Waals surface area contributed by atoms with E-state index in [2.05, 4.69) is 17.1 Å². The quantitative estimate of drug-likeness (QED) is 0.816. The summed E-state index contributed by atoms with van der Waals surface area (Å²) < 4.78 is 0. The number of para-hydroxylation sites is 1. The molecule has 4 heteroatoms. The second-order valence-corrected chi connectivity index (χ2v) is 4.43. The van der Waals surface area contributed by atoms with E-state index in [1.54, 1.807) is 0 Å². The van der Waals surface area contributed by atoms with Gasteiger partial charge in [0.2, 0.25) is 5.91 Å². The maximum atomic E-state index is 11.6.